The van der Waals surface area contributed by atoms with E-state index in [1.807, 2.05) is 17.9 Å². The quantitative estimate of drug-likeness (QED) is 0.831. The molecule has 2 atom stereocenters. The molecule has 1 aliphatic rings. The minimum atomic E-state index is -0.948. The van der Waals surface area contributed by atoms with Crippen molar-refractivity contribution in [3.05, 3.63) is 41.7 Å². The van der Waals surface area contributed by atoms with Crippen molar-refractivity contribution in [2.75, 3.05) is 11.4 Å². The highest BCUT2D eigenvalue weighted by molar-refractivity contribution is 5.59. The first-order valence-electron chi connectivity index (χ1n) is 6.26. The molecule has 1 aliphatic heterocycles. The molecular formula is C15H17FN2O. The monoisotopic (exact) mass is 260 g/mol. The van der Waals surface area contributed by atoms with E-state index in [9.17, 15) is 9.50 Å². The molecule has 0 aromatic heterocycles. The highest BCUT2D eigenvalue weighted by atomic mass is 19.1. The first kappa shape index (κ1) is 13.6. The van der Waals surface area contributed by atoms with Crippen molar-refractivity contribution in [2.24, 2.45) is 0 Å². The summed E-state index contributed by atoms with van der Waals surface area (Å²) in [4.78, 5) is 1.96. The third-order valence-electron chi connectivity index (χ3n) is 4.09. The zero-order valence-corrected chi connectivity index (χ0v) is 11.2. The van der Waals surface area contributed by atoms with Gasteiger partial charge in [-0.15, -0.1) is 6.58 Å². The summed E-state index contributed by atoms with van der Waals surface area (Å²) in [6, 6.07) is 4.88. The Morgan fingerprint density at radius 3 is 2.84 bits per heavy atom. The normalized spacial score (nSPS) is 26.3. The van der Waals surface area contributed by atoms with Gasteiger partial charge >= 0.3 is 0 Å². The number of benzene rings is 1. The van der Waals surface area contributed by atoms with Crippen LogP contribution < -0.4 is 4.90 Å². The topological polar surface area (TPSA) is 47.3 Å². The van der Waals surface area contributed by atoms with Gasteiger partial charge in [0, 0.05) is 17.8 Å². The lowest BCUT2D eigenvalue weighted by Crippen LogP contribution is -2.41. The Hall–Kier alpha value is -1.86. The van der Waals surface area contributed by atoms with E-state index in [4.69, 9.17) is 5.26 Å². The number of rotatable bonds is 2. The van der Waals surface area contributed by atoms with E-state index in [-0.39, 0.29) is 11.6 Å². The number of aliphatic hydroxyl groups is 1. The van der Waals surface area contributed by atoms with Crippen molar-refractivity contribution >= 4 is 5.69 Å². The van der Waals surface area contributed by atoms with E-state index >= 15 is 0 Å². The molecule has 0 radical (unpaired) electrons. The maximum atomic E-state index is 14.0. The molecular weight excluding hydrogens is 243 g/mol. The maximum Gasteiger partial charge on any atom is 0.145 e. The Labute approximate surface area is 112 Å². The second-order valence-electron chi connectivity index (χ2n) is 5.00. The van der Waals surface area contributed by atoms with E-state index in [1.165, 1.54) is 6.07 Å². The van der Waals surface area contributed by atoms with Gasteiger partial charge in [-0.25, -0.2) is 4.39 Å². The van der Waals surface area contributed by atoms with Crippen LogP contribution in [0.25, 0.3) is 0 Å². The fourth-order valence-corrected chi connectivity index (χ4v) is 2.65. The number of hydrogen-bond acceptors (Lipinski definition) is 3. The Morgan fingerprint density at radius 1 is 1.63 bits per heavy atom. The summed E-state index contributed by atoms with van der Waals surface area (Å²) in [7, 11) is 0. The molecule has 100 valence electrons. The standard InChI is InChI=1S/C15H17FN2O/c1-4-15(19)7-8-18(11(15)3)13-6-5-12(9-17)14(16)10(13)2/h4-6,11,19H,1,7-8H2,2-3H3. The molecule has 0 bridgehead atoms. The number of anilines is 1. The Balaban J connectivity index is 2.43. The summed E-state index contributed by atoms with van der Waals surface area (Å²) in [6.07, 6.45) is 2.12. The second-order valence-corrected chi connectivity index (χ2v) is 5.00. The van der Waals surface area contributed by atoms with Crippen molar-refractivity contribution in [1.29, 1.82) is 5.26 Å². The molecule has 2 unspecified atom stereocenters. The van der Waals surface area contributed by atoms with Crippen LogP contribution in [-0.2, 0) is 0 Å². The molecule has 1 aromatic carbocycles. The summed E-state index contributed by atoms with van der Waals surface area (Å²) in [5.41, 5.74) is 0.268. The highest BCUT2D eigenvalue weighted by Crippen LogP contribution is 2.36. The number of halogens is 1. The summed E-state index contributed by atoms with van der Waals surface area (Å²) >= 11 is 0. The van der Waals surface area contributed by atoms with Gasteiger partial charge in [0.2, 0.25) is 0 Å². The van der Waals surface area contributed by atoms with Crippen LogP contribution in [0.4, 0.5) is 10.1 Å². The first-order chi connectivity index (χ1) is 8.94. The van der Waals surface area contributed by atoms with Gasteiger partial charge in [-0.2, -0.15) is 5.26 Å². The minimum absolute atomic E-state index is 0.0482. The number of nitriles is 1. The molecule has 4 heteroatoms. The highest BCUT2D eigenvalue weighted by Gasteiger charge is 2.41. The molecule has 0 saturated carbocycles. The molecule has 1 fully saturated rings. The lowest BCUT2D eigenvalue weighted by atomic mass is 9.96. The lowest BCUT2D eigenvalue weighted by Gasteiger charge is -2.31. The van der Waals surface area contributed by atoms with E-state index in [1.54, 1.807) is 19.1 Å². The van der Waals surface area contributed by atoms with Crippen molar-refractivity contribution in [3.8, 4) is 6.07 Å². The summed E-state index contributed by atoms with van der Waals surface area (Å²) in [6.45, 7) is 7.85. The zero-order chi connectivity index (χ0) is 14.2. The molecule has 0 spiro atoms. The number of hydrogen-bond donors (Lipinski definition) is 1. The van der Waals surface area contributed by atoms with Crippen LogP contribution in [0.3, 0.4) is 0 Å². The van der Waals surface area contributed by atoms with Crippen molar-refractivity contribution in [3.63, 3.8) is 0 Å². The molecule has 1 aromatic rings. The van der Waals surface area contributed by atoms with E-state index in [0.29, 0.717) is 18.5 Å². The maximum absolute atomic E-state index is 14.0. The fourth-order valence-electron chi connectivity index (χ4n) is 2.65. The van der Waals surface area contributed by atoms with Gasteiger partial charge in [0.25, 0.3) is 0 Å². The summed E-state index contributed by atoms with van der Waals surface area (Å²) < 4.78 is 14.0. The lowest BCUT2D eigenvalue weighted by molar-refractivity contribution is 0.0876. The van der Waals surface area contributed by atoms with Gasteiger partial charge < -0.3 is 10.0 Å². The van der Waals surface area contributed by atoms with Crippen LogP contribution in [-0.4, -0.2) is 23.3 Å². The first-order valence-corrected chi connectivity index (χ1v) is 6.26. The molecule has 1 heterocycles. The van der Waals surface area contributed by atoms with Gasteiger partial charge in [0.1, 0.15) is 17.5 Å². The van der Waals surface area contributed by atoms with Crippen molar-refractivity contribution < 1.29 is 9.50 Å². The van der Waals surface area contributed by atoms with Crippen LogP contribution >= 0.6 is 0 Å². The average molecular weight is 260 g/mol. The van der Waals surface area contributed by atoms with Gasteiger partial charge in [-0.3, -0.25) is 0 Å². The predicted octanol–water partition coefficient (Wildman–Crippen LogP) is 2.52. The molecule has 0 amide bonds. The SMILES string of the molecule is C=CC1(O)CCN(c2ccc(C#N)c(F)c2C)C1C. The van der Waals surface area contributed by atoms with Crippen LogP contribution in [0.15, 0.2) is 24.8 Å². The van der Waals surface area contributed by atoms with Crippen LogP contribution in [0.5, 0.6) is 0 Å². The van der Waals surface area contributed by atoms with Crippen molar-refractivity contribution in [2.45, 2.75) is 31.9 Å². The Bertz CT molecular complexity index is 564. The molecule has 0 aliphatic carbocycles. The summed E-state index contributed by atoms with van der Waals surface area (Å²) in [5, 5.41) is 19.2. The van der Waals surface area contributed by atoms with Crippen LogP contribution in [0.1, 0.15) is 24.5 Å². The third kappa shape index (κ3) is 2.00. The molecule has 3 nitrogen and oxygen atoms in total. The van der Waals surface area contributed by atoms with E-state index < -0.39 is 11.4 Å². The minimum Gasteiger partial charge on any atom is -0.384 e. The van der Waals surface area contributed by atoms with E-state index in [2.05, 4.69) is 6.58 Å². The third-order valence-corrected chi connectivity index (χ3v) is 4.09. The predicted molar refractivity (Wildman–Crippen MR) is 72.4 cm³/mol. The molecule has 1 N–H and O–H groups in total. The Morgan fingerprint density at radius 2 is 2.32 bits per heavy atom. The number of nitrogens with zero attached hydrogens (tertiary/aromatic N) is 2. The second kappa shape index (κ2) is 4.67. The van der Waals surface area contributed by atoms with Gasteiger partial charge in [0.15, 0.2) is 0 Å². The van der Waals surface area contributed by atoms with Crippen molar-refractivity contribution in [1.82, 2.24) is 0 Å². The van der Waals surface area contributed by atoms with Gasteiger partial charge in [-0.1, -0.05) is 6.08 Å². The summed E-state index contributed by atoms with van der Waals surface area (Å²) in [5.74, 6) is -0.485. The largest absolute Gasteiger partial charge is 0.384 e. The fraction of sp³-hybridized carbons (Fsp3) is 0.400. The van der Waals surface area contributed by atoms with Crippen LogP contribution in [0.2, 0.25) is 0 Å². The zero-order valence-electron chi connectivity index (χ0n) is 11.2. The van der Waals surface area contributed by atoms with Crippen LogP contribution in [0, 0.1) is 24.1 Å². The smallest absolute Gasteiger partial charge is 0.145 e. The van der Waals surface area contributed by atoms with E-state index in [0.717, 1.165) is 5.69 Å². The molecule has 1 saturated heterocycles. The molecule has 19 heavy (non-hydrogen) atoms. The van der Waals surface area contributed by atoms with Gasteiger partial charge in [-0.05, 0) is 32.4 Å². The Kier molecular flexibility index (Phi) is 3.34. The van der Waals surface area contributed by atoms with Gasteiger partial charge in [0.05, 0.1) is 11.6 Å². The molecule has 2 rings (SSSR count). The average Bonchev–Trinajstić information content (AvgIpc) is 2.71.